The maximum absolute atomic E-state index is 12.8. The number of rotatable bonds is 13. The van der Waals surface area contributed by atoms with Crippen LogP contribution in [0.4, 0.5) is 5.69 Å². The zero-order valence-electron chi connectivity index (χ0n) is 21.1. The second kappa shape index (κ2) is 12.8. The van der Waals surface area contributed by atoms with Crippen LogP contribution < -0.4 is 24.4 Å². The first kappa shape index (κ1) is 26.0. The predicted molar refractivity (Wildman–Crippen MR) is 141 cm³/mol. The third kappa shape index (κ3) is 6.80. The molecular formula is C29H32N2O6. The average molecular weight is 505 g/mol. The number of amides is 1. The second-order valence-electron chi connectivity index (χ2n) is 8.74. The number of para-hydroxylation sites is 2. The zero-order chi connectivity index (χ0) is 26.0. The summed E-state index contributed by atoms with van der Waals surface area (Å²) in [5.41, 5.74) is 2.31. The van der Waals surface area contributed by atoms with Gasteiger partial charge in [-0.2, -0.15) is 0 Å². The standard InChI is InChI=1S/C29H32N2O6/c1-21(36-28-13-7-6-12-27(28)34-2)17-30-18-23(37-29(33)22-9-4-3-5-10-22)19-35-26-14-8-11-25-24(26)15-16-31(25)20-32/h3-14,20-21,23,30H,15-19H2,1-2H3. The van der Waals surface area contributed by atoms with Gasteiger partial charge in [-0.3, -0.25) is 4.79 Å². The van der Waals surface area contributed by atoms with Crippen LogP contribution in [0.1, 0.15) is 22.8 Å². The molecule has 0 saturated heterocycles. The molecule has 1 heterocycles. The quantitative estimate of drug-likeness (QED) is 0.279. The fraction of sp³-hybridized carbons (Fsp3) is 0.310. The van der Waals surface area contributed by atoms with Crippen molar-refractivity contribution in [2.24, 2.45) is 0 Å². The largest absolute Gasteiger partial charge is 0.493 e. The number of nitrogens with one attached hydrogen (secondary N) is 1. The zero-order valence-corrected chi connectivity index (χ0v) is 21.1. The van der Waals surface area contributed by atoms with Crippen LogP contribution in [0.2, 0.25) is 0 Å². The van der Waals surface area contributed by atoms with Crippen LogP contribution in [0.15, 0.2) is 72.8 Å². The summed E-state index contributed by atoms with van der Waals surface area (Å²) in [7, 11) is 1.61. The summed E-state index contributed by atoms with van der Waals surface area (Å²) >= 11 is 0. The molecule has 0 radical (unpaired) electrons. The first-order valence-electron chi connectivity index (χ1n) is 12.3. The summed E-state index contributed by atoms with van der Waals surface area (Å²) in [4.78, 5) is 25.8. The first-order valence-corrected chi connectivity index (χ1v) is 12.3. The predicted octanol–water partition coefficient (Wildman–Crippen LogP) is 3.88. The Labute approximate surface area is 217 Å². The fourth-order valence-electron chi connectivity index (χ4n) is 4.20. The van der Waals surface area contributed by atoms with Gasteiger partial charge >= 0.3 is 5.97 Å². The molecule has 2 atom stereocenters. The Morgan fingerprint density at radius 1 is 0.973 bits per heavy atom. The lowest BCUT2D eigenvalue weighted by Gasteiger charge is -2.22. The Hall–Kier alpha value is -4.04. The number of benzene rings is 3. The third-order valence-electron chi connectivity index (χ3n) is 6.06. The number of esters is 1. The normalized spacial score (nSPS) is 13.8. The van der Waals surface area contributed by atoms with Gasteiger partial charge in [0.1, 0.15) is 24.6 Å². The Bertz CT molecular complexity index is 1190. The molecule has 194 valence electrons. The molecule has 0 spiro atoms. The van der Waals surface area contributed by atoms with Crippen LogP contribution >= 0.6 is 0 Å². The number of methoxy groups -OCH3 is 1. The number of carbonyl (C=O) groups excluding carboxylic acids is 2. The van der Waals surface area contributed by atoms with Gasteiger partial charge in [0, 0.05) is 25.2 Å². The average Bonchev–Trinajstić information content (AvgIpc) is 3.36. The van der Waals surface area contributed by atoms with E-state index in [1.807, 2.05) is 55.5 Å². The van der Waals surface area contributed by atoms with E-state index in [0.717, 1.165) is 24.1 Å². The fourth-order valence-corrected chi connectivity index (χ4v) is 4.20. The molecule has 1 aliphatic heterocycles. The monoisotopic (exact) mass is 504 g/mol. The molecule has 4 rings (SSSR count). The van der Waals surface area contributed by atoms with E-state index in [4.69, 9.17) is 18.9 Å². The van der Waals surface area contributed by atoms with Gasteiger partial charge in [-0.05, 0) is 49.7 Å². The first-order chi connectivity index (χ1) is 18.1. The molecule has 1 aliphatic rings. The number of anilines is 1. The number of nitrogens with zero attached hydrogens (tertiary/aromatic N) is 1. The molecule has 1 N–H and O–H groups in total. The summed E-state index contributed by atoms with van der Waals surface area (Å²) < 4.78 is 23.3. The van der Waals surface area contributed by atoms with Crippen molar-refractivity contribution in [2.45, 2.75) is 25.6 Å². The van der Waals surface area contributed by atoms with Gasteiger partial charge in [0.2, 0.25) is 6.41 Å². The van der Waals surface area contributed by atoms with Gasteiger partial charge in [0.15, 0.2) is 11.5 Å². The molecule has 1 amide bonds. The summed E-state index contributed by atoms with van der Waals surface area (Å²) in [5, 5.41) is 3.33. The van der Waals surface area contributed by atoms with Crippen molar-refractivity contribution in [1.82, 2.24) is 5.32 Å². The highest BCUT2D eigenvalue weighted by Crippen LogP contribution is 2.34. The van der Waals surface area contributed by atoms with Crippen LogP contribution in [-0.4, -0.2) is 57.9 Å². The molecule has 2 unspecified atom stereocenters. The van der Waals surface area contributed by atoms with E-state index in [0.29, 0.717) is 42.4 Å². The maximum Gasteiger partial charge on any atom is 0.338 e. The summed E-state index contributed by atoms with van der Waals surface area (Å²) in [5.74, 6) is 1.60. The molecule has 0 bridgehead atoms. The van der Waals surface area contributed by atoms with Crippen molar-refractivity contribution in [3.05, 3.63) is 83.9 Å². The molecule has 3 aromatic rings. The summed E-state index contributed by atoms with van der Waals surface area (Å²) in [6.07, 6.45) is 0.840. The smallest absolute Gasteiger partial charge is 0.338 e. The minimum Gasteiger partial charge on any atom is -0.493 e. The molecule has 0 fully saturated rings. The lowest BCUT2D eigenvalue weighted by Crippen LogP contribution is -2.39. The Balaban J connectivity index is 1.38. The van der Waals surface area contributed by atoms with Crippen LogP contribution in [0.3, 0.4) is 0 Å². The van der Waals surface area contributed by atoms with E-state index >= 15 is 0 Å². The van der Waals surface area contributed by atoms with Crippen LogP contribution in [0.25, 0.3) is 0 Å². The molecule has 0 saturated carbocycles. The third-order valence-corrected chi connectivity index (χ3v) is 6.06. The van der Waals surface area contributed by atoms with Gasteiger partial charge in [0.05, 0.1) is 18.4 Å². The summed E-state index contributed by atoms with van der Waals surface area (Å²) in [6.45, 7) is 3.62. The highest BCUT2D eigenvalue weighted by Gasteiger charge is 2.23. The number of fused-ring (bicyclic) bond motifs is 1. The van der Waals surface area contributed by atoms with Gasteiger partial charge in [0.25, 0.3) is 0 Å². The molecule has 0 aliphatic carbocycles. The number of ether oxygens (including phenoxy) is 4. The number of hydrogen-bond donors (Lipinski definition) is 1. The van der Waals surface area contributed by atoms with Gasteiger partial charge in [-0.15, -0.1) is 0 Å². The van der Waals surface area contributed by atoms with Gasteiger partial charge < -0.3 is 29.2 Å². The molecule has 0 aromatic heterocycles. The Kier molecular flexibility index (Phi) is 8.99. The van der Waals surface area contributed by atoms with E-state index in [-0.39, 0.29) is 12.7 Å². The van der Waals surface area contributed by atoms with Crippen molar-refractivity contribution in [3.63, 3.8) is 0 Å². The number of carbonyl (C=O) groups is 2. The van der Waals surface area contributed by atoms with Crippen molar-refractivity contribution in [3.8, 4) is 17.2 Å². The highest BCUT2D eigenvalue weighted by molar-refractivity contribution is 5.89. The molecular weight excluding hydrogens is 472 g/mol. The van der Waals surface area contributed by atoms with E-state index in [1.54, 1.807) is 36.3 Å². The number of hydrogen-bond acceptors (Lipinski definition) is 7. The van der Waals surface area contributed by atoms with Gasteiger partial charge in [-0.25, -0.2) is 4.79 Å². The van der Waals surface area contributed by atoms with Crippen molar-refractivity contribution in [1.29, 1.82) is 0 Å². The highest BCUT2D eigenvalue weighted by atomic mass is 16.6. The lowest BCUT2D eigenvalue weighted by atomic mass is 10.1. The van der Waals surface area contributed by atoms with Crippen molar-refractivity contribution >= 4 is 18.1 Å². The van der Waals surface area contributed by atoms with Crippen LogP contribution in [0, 0.1) is 0 Å². The Morgan fingerprint density at radius 3 is 2.46 bits per heavy atom. The van der Waals surface area contributed by atoms with E-state index in [1.165, 1.54) is 0 Å². The van der Waals surface area contributed by atoms with Gasteiger partial charge in [-0.1, -0.05) is 36.4 Å². The summed E-state index contributed by atoms with van der Waals surface area (Å²) in [6, 6.07) is 22.0. The van der Waals surface area contributed by atoms with Crippen LogP contribution in [-0.2, 0) is 16.0 Å². The lowest BCUT2D eigenvalue weighted by molar-refractivity contribution is -0.107. The minimum atomic E-state index is -0.550. The minimum absolute atomic E-state index is 0.158. The topological polar surface area (TPSA) is 86.3 Å². The molecule has 8 nitrogen and oxygen atoms in total. The molecule has 37 heavy (non-hydrogen) atoms. The molecule has 8 heteroatoms. The second-order valence-corrected chi connectivity index (χ2v) is 8.74. The van der Waals surface area contributed by atoms with Crippen molar-refractivity contribution in [2.75, 3.05) is 38.3 Å². The van der Waals surface area contributed by atoms with E-state index in [9.17, 15) is 9.59 Å². The maximum atomic E-state index is 12.8. The van der Waals surface area contributed by atoms with Crippen molar-refractivity contribution < 1.29 is 28.5 Å². The van der Waals surface area contributed by atoms with E-state index in [2.05, 4.69) is 5.32 Å². The Morgan fingerprint density at radius 2 is 1.70 bits per heavy atom. The molecule has 3 aromatic carbocycles. The SMILES string of the molecule is COc1ccccc1OC(C)CNCC(COc1cccc2c1CCN2C=O)OC(=O)c1ccccc1. The van der Waals surface area contributed by atoms with E-state index < -0.39 is 12.1 Å². The van der Waals surface area contributed by atoms with Crippen LogP contribution in [0.5, 0.6) is 17.2 Å².